The van der Waals surface area contributed by atoms with Crippen molar-refractivity contribution in [2.24, 2.45) is 7.05 Å². The van der Waals surface area contributed by atoms with E-state index in [-0.39, 0.29) is 25.7 Å². The van der Waals surface area contributed by atoms with E-state index in [1.807, 2.05) is 61.1 Å². The van der Waals surface area contributed by atoms with E-state index in [1.54, 1.807) is 18.1 Å². The van der Waals surface area contributed by atoms with Crippen LogP contribution in [-0.4, -0.2) is 74.3 Å². The number of hydrogen-bond acceptors (Lipinski definition) is 7. The fourth-order valence-corrected chi connectivity index (χ4v) is 5.08. The lowest BCUT2D eigenvalue weighted by atomic mass is 9.91. The maximum Gasteiger partial charge on any atom is 0.248 e. The second kappa shape index (κ2) is 9.83. The number of carbonyl (C=O) groups excluding carboxylic acids is 1. The third-order valence-electron chi connectivity index (χ3n) is 6.91. The number of hydrogen-bond donors (Lipinski definition) is 1. The van der Waals surface area contributed by atoms with Crippen molar-refractivity contribution in [3.8, 4) is 0 Å². The SMILES string of the molecule is Cc1cc(N2CCC[C@@](O)(CN(C)C(=O)COCc3nc4ccccc4n3C)C2)c2cnccc2n1. The van der Waals surface area contributed by atoms with Crippen molar-refractivity contribution < 1.29 is 14.6 Å². The van der Waals surface area contributed by atoms with Gasteiger partial charge in [-0.1, -0.05) is 12.1 Å². The zero-order chi connectivity index (χ0) is 25.3. The van der Waals surface area contributed by atoms with Gasteiger partial charge in [-0.25, -0.2) is 4.98 Å². The molecule has 1 aliphatic rings. The number of imidazole rings is 1. The first kappa shape index (κ1) is 24.1. The number of anilines is 1. The molecule has 1 atom stereocenters. The molecule has 0 aliphatic carbocycles. The summed E-state index contributed by atoms with van der Waals surface area (Å²) in [6, 6.07) is 11.8. The summed E-state index contributed by atoms with van der Waals surface area (Å²) in [6.45, 7) is 3.63. The number of aliphatic hydroxyl groups is 1. The summed E-state index contributed by atoms with van der Waals surface area (Å²) in [6.07, 6.45) is 5.01. The second-order valence-electron chi connectivity index (χ2n) is 9.74. The number of β-amino-alcohol motifs (C(OH)–C–C–N with tert-alkyl or cyclic N) is 1. The normalized spacial score (nSPS) is 18.2. The van der Waals surface area contributed by atoms with E-state index in [1.165, 1.54) is 0 Å². The van der Waals surface area contributed by atoms with Crippen LogP contribution >= 0.6 is 0 Å². The quantitative estimate of drug-likeness (QED) is 0.427. The third kappa shape index (κ3) is 4.89. The summed E-state index contributed by atoms with van der Waals surface area (Å²) in [5, 5.41) is 12.4. The number of likely N-dealkylation sites (N-methyl/N-ethyl adjacent to an activating group) is 1. The average Bonchev–Trinajstić information content (AvgIpc) is 3.18. The van der Waals surface area contributed by atoms with E-state index in [2.05, 4.69) is 19.9 Å². The summed E-state index contributed by atoms with van der Waals surface area (Å²) in [5.74, 6) is 0.594. The van der Waals surface area contributed by atoms with Crippen LogP contribution in [0.15, 0.2) is 48.8 Å². The highest BCUT2D eigenvalue weighted by Crippen LogP contribution is 2.31. The predicted octanol–water partition coefficient (Wildman–Crippen LogP) is 2.83. The summed E-state index contributed by atoms with van der Waals surface area (Å²) in [7, 11) is 3.66. The number of nitrogens with zero attached hydrogens (tertiary/aromatic N) is 6. The topological polar surface area (TPSA) is 96.6 Å². The summed E-state index contributed by atoms with van der Waals surface area (Å²) in [4.78, 5) is 30.0. The monoisotopic (exact) mass is 488 g/mol. The summed E-state index contributed by atoms with van der Waals surface area (Å²) < 4.78 is 7.68. The van der Waals surface area contributed by atoms with Crippen LogP contribution in [0.5, 0.6) is 0 Å². The minimum Gasteiger partial charge on any atom is -0.386 e. The average molecular weight is 489 g/mol. The van der Waals surface area contributed by atoms with Crippen LogP contribution in [0, 0.1) is 6.92 Å². The van der Waals surface area contributed by atoms with Gasteiger partial charge in [0, 0.05) is 56.3 Å². The van der Waals surface area contributed by atoms with Crippen molar-refractivity contribution in [3.05, 3.63) is 60.3 Å². The molecule has 0 spiro atoms. The molecule has 5 rings (SSSR count). The number of ether oxygens (including phenoxy) is 1. The van der Waals surface area contributed by atoms with E-state index in [0.717, 1.165) is 52.1 Å². The molecule has 188 valence electrons. The van der Waals surface area contributed by atoms with E-state index in [0.29, 0.717) is 13.0 Å². The Morgan fingerprint density at radius 3 is 2.89 bits per heavy atom. The van der Waals surface area contributed by atoms with Gasteiger partial charge in [0.05, 0.1) is 28.7 Å². The number of piperidine rings is 1. The molecule has 1 saturated heterocycles. The van der Waals surface area contributed by atoms with Crippen molar-refractivity contribution in [2.75, 3.05) is 38.2 Å². The van der Waals surface area contributed by atoms with E-state index in [9.17, 15) is 9.90 Å². The molecule has 3 aromatic heterocycles. The lowest BCUT2D eigenvalue weighted by Gasteiger charge is -2.42. The summed E-state index contributed by atoms with van der Waals surface area (Å²) in [5.41, 5.74) is 3.73. The molecule has 1 fully saturated rings. The smallest absolute Gasteiger partial charge is 0.248 e. The van der Waals surface area contributed by atoms with E-state index in [4.69, 9.17) is 4.74 Å². The number of aromatic nitrogens is 4. The molecule has 1 aliphatic heterocycles. The first-order valence-corrected chi connectivity index (χ1v) is 12.2. The first-order valence-electron chi connectivity index (χ1n) is 12.2. The van der Waals surface area contributed by atoms with Crippen molar-refractivity contribution in [1.82, 2.24) is 24.4 Å². The van der Waals surface area contributed by atoms with Crippen molar-refractivity contribution in [1.29, 1.82) is 0 Å². The maximum absolute atomic E-state index is 12.8. The van der Waals surface area contributed by atoms with E-state index >= 15 is 0 Å². The molecule has 36 heavy (non-hydrogen) atoms. The van der Waals surface area contributed by atoms with Gasteiger partial charge in [0.25, 0.3) is 0 Å². The first-order chi connectivity index (χ1) is 17.3. The number of aryl methyl sites for hydroxylation is 2. The number of pyridine rings is 2. The third-order valence-corrected chi connectivity index (χ3v) is 6.91. The van der Waals surface area contributed by atoms with Crippen LogP contribution in [0.4, 0.5) is 5.69 Å². The number of benzene rings is 1. The molecule has 1 amide bonds. The standard InChI is InChI=1S/C27H32N6O3/c1-19-13-24(20-14-28-11-9-21(20)29-19)33-12-6-10-27(35,18-33)17-31(2)26(34)16-36-15-25-30-22-7-4-5-8-23(22)32(25)3/h4-5,7-9,11,13-14,35H,6,10,12,15-18H2,1-3H3/t27-/m1/s1. The second-order valence-corrected chi connectivity index (χ2v) is 9.74. The van der Waals surface area contributed by atoms with Gasteiger partial charge in [-0.15, -0.1) is 0 Å². The highest BCUT2D eigenvalue weighted by Gasteiger charge is 2.36. The zero-order valence-electron chi connectivity index (χ0n) is 21.0. The Hall–Kier alpha value is -3.56. The van der Waals surface area contributed by atoms with Gasteiger partial charge in [0.15, 0.2) is 0 Å². The number of para-hydroxylation sites is 2. The molecule has 4 heterocycles. The van der Waals surface area contributed by atoms with E-state index < -0.39 is 5.60 Å². The lowest BCUT2D eigenvalue weighted by molar-refractivity contribution is -0.138. The van der Waals surface area contributed by atoms with Crippen molar-refractivity contribution >= 4 is 33.5 Å². The number of rotatable bonds is 7. The molecule has 4 aromatic rings. The van der Waals surface area contributed by atoms with Crippen LogP contribution in [0.2, 0.25) is 0 Å². The molecule has 1 N–H and O–H groups in total. The molecular weight excluding hydrogens is 456 g/mol. The van der Waals surface area contributed by atoms with Crippen LogP contribution in [0.1, 0.15) is 24.4 Å². The Kier molecular flexibility index (Phi) is 6.59. The highest BCUT2D eigenvalue weighted by atomic mass is 16.5. The maximum atomic E-state index is 12.8. The van der Waals surface area contributed by atoms with Gasteiger partial charge >= 0.3 is 0 Å². The number of carbonyl (C=O) groups is 1. The molecule has 9 nitrogen and oxygen atoms in total. The van der Waals surface area contributed by atoms with Crippen LogP contribution in [-0.2, 0) is 23.2 Å². The molecule has 0 bridgehead atoms. The Bertz CT molecular complexity index is 1400. The predicted molar refractivity (Wildman–Crippen MR) is 139 cm³/mol. The van der Waals surface area contributed by atoms with Crippen molar-refractivity contribution in [2.45, 2.75) is 32.0 Å². The lowest BCUT2D eigenvalue weighted by Crippen LogP contribution is -2.55. The Balaban J connectivity index is 1.21. The minimum atomic E-state index is -1.02. The number of fused-ring (bicyclic) bond motifs is 2. The molecule has 0 radical (unpaired) electrons. The van der Waals surface area contributed by atoms with Crippen LogP contribution < -0.4 is 4.90 Å². The molecule has 9 heteroatoms. The molecule has 0 saturated carbocycles. The Morgan fingerprint density at radius 1 is 1.22 bits per heavy atom. The Labute approximate surface area is 210 Å². The summed E-state index contributed by atoms with van der Waals surface area (Å²) >= 11 is 0. The molecular formula is C27H32N6O3. The van der Waals surface area contributed by atoms with Gasteiger partial charge in [0.1, 0.15) is 19.0 Å². The van der Waals surface area contributed by atoms with Crippen LogP contribution in [0.3, 0.4) is 0 Å². The largest absolute Gasteiger partial charge is 0.386 e. The van der Waals surface area contributed by atoms with Gasteiger partial charge in [0.2, 0.25) is 5.91 Å². The minimum absolute atomic E-state index is 0.0701. The van der Waals surface area contributed by atoms with Crippen LogP contribution in [0.25, 0.3) is 21.9 Å². The van der Waals surface area contributed by atoms with Gasteiger partial charge in [-0.05, 0) is 44.0 Å². The highest BCUT2D eigenvalue weighted by molar-refractivity contribution is 5.91. The van der Waals surface area contributed by atoms with Gasteiger partial charge < -0.3 is 24.2 Å². The fraction of sp³-hybridized carbons (Fsp3) is 0.407. The number of amides is 1. The van der Waals surface area contributed by atoms with Gasteiger partial charge in [-0.2, -0.15) is 0 Å². The fourth-order valence-electron chi connectivity index (χ4n) is 5.08. The molecule has 0 unspecified atom stereocenters. The Morgan fingerprint density at radius 2 is 2.06 bits per heavy atom. The van der Waals surface area contributed by atoms with Crippen molar-refractivity contribution in [3.63, 3.8) is 0 Å². The van der Waals surface area contributed by atoms with Gasteiger partial charge in [-0.3, -0.25) is 14.8 Å². The molecule has 1 aromatic carbocycles. The zero-order valence-corrected chi connectivity index (χ0v) is 21.0.